The Morgan fingerprint density at radius 2 is 2.12 bits per heavy atom. The van der Waals surface area contributed by atoms with Crippen molar-refractivity contribution in [2.75, 3.05) is 24.6 Å². The van der Waals surface area contributed by atoms with Gasteiger partial charge in [-0.05, 0) is 0 Å². The molecule has 1 aromatic rings. The van der Waals surface area contributed by atoms with Crippen molar-refractivity contribution < 1.29 is 13.0 Å². The molecule has 0 saturated carbocycles. The van der Waals surface area contributed by atoms with Crippen LogP contribution >= 0.6 is 11.6 Å². The summed E-state index contributed by atoms with van der Waals surface area (Å²) in [6, 6.07) is 0. The Morgan fingerprint density at radius 1 is 1.47 bits per heavy atom. The number of nitrogen functional groups attached to an aromatic ring is 1. The first kappa shape index (κ1) is 6.60. The fraction of sp³-hybridized carbons (Fsp3) is 0.250. The van der Waals surface area contributed by atoms with Crippen molar-refractivity contribution in [1.82, 2.24) is 9.97 Å². The van der Waals surface area contributed by atoms with Crippen LogP contribution in [0.3, 0.4) is 0 Å². The van der Waals surface area contributed by atoms with Crippen LogP contribution in [0.2, 0.25) is 5.15 Å². The molecule has 0 saturated heterocycles. The Labute approximate surface area is 111 Å². The molecule has 0 aromatic carbocycles. The average Bonchev–Trinajstić information content (AvgIpc) is 2.28. The Bertz CT molecular complexity index is 640. The van der Waals surface area contributed by atoms with Gasteiger partial charge < -0.3 is 22.1 Å². The highest BCUT2D eigenvalue weighted by Gasteiger charge is 2.17. The molecule has 0 spiro atoms. The van der Waals surface area contributed by atoms with Gasteiger partial charge in [-0.1, -0.05) is 11.6 Å². The quantitative estimate of drug-likeness (QED) is 0.469. The number of hydrogen-bond acceptors (Lipinski definition) is 5. The van der Waals surface area contributed by atoms with Crippen molar-refractivity contribution in [2.45, 2.75) is 0 Å². The van der Waals surface area contributed by atoms with E-state index in [0.29, 0.717) is 0 Å². The van der Waals surface area contributed by atoms with Crippen molar-refractivity contribution >= 4 is 35.1 Å². The zero-order valence-corrected chi connectivity index (χ0v) is 9.06. The van der Waals surface area contributed by atoms with Crippen molar-refractivity contribution in [3.8, 4) is 0 Å². The zero-order chi connectivity index (χ0) is 18.2. The van der Waals surface area contributed by atoms with E-state index in [0.717, 1.165) is 0 Å². The third-order valence-corrected chi connectivity index (χ3v) is 1.76. The molecule has 17 heavy (non-hydrogen) atoms. The summed E-state index contributed by atoms with van der Waals surface area (Å²) >= 11 is 5.75. The molecule has 0 unspecified atom stereocenters. The first-order valence-electron chi connectivity index (χ1n) is 7.02. The second kappa shape index (κ2) is 4.83. The van der Waals surface area contributed by atoms with Crippen LogP contribution in [0, 0.1) is 0 Å². The number of carbonyl (C=O) groups is 1. The number of guanidine groups is 1. The van der Waals surface area contributed by atoms with Gasteiger partial charge in [0.2, 0.25) is 0 Å². The maximum absolute atomic E-state index is 11.7. The molecule has 0 atom stereocenters. The SMILES string of the molecule is [2H]C([2H])([2H])N(c1nc(N)c(C(=O)N=C(N)N)nc1Cl)C([2H])([2H])[2H]. The molecule has 6 N–H and O–H groups in total. The highest BCUT2D eigenvalue weighted by molar-refractivity contribution is 6.32. The van der Waals surface area contributed by atoms with E-state index in [4.69, 9.17) is 37.0 Å². The molecule has 1 amide bonds. The Balaban J connectivity index is 3.50. The van der Waals surface area contributed by atoms with E-state index < -0.39 is 48.3 Å². The first-order valence-corrected chi connectivity index (χ1v) is 4.40. The number of aliphatic imine (C=N–C) groups is 1. The number of carbonyl (C=O) groups excluding carboxylic acids is 1. The molecule has 1 heterocycles. The number of nitrogens with two attached hydrogens (primary N) is 3. The van der Waals surface area contributed by atoms with Crippen LogP contribution in [0.1, 0.15) is 18.7 Å². The minimum atomic E-state index is -3.11. The number of nitrogens with zero attached hydrogens (tertiary/aromatic N) is 4. The van der Waals surface area contributed by atoms with E-state index >= 15 is 0 Å². The molecule has 0 aliphatic rings. The molecule has 0 radical (unpaired) electrons. The maximum atomic E-state index is 11.7. The molecule has 8 nitrogen and oxygen atoms in total. The van der Waals surface area contributed by atoms with Gasteiger partial charge in [0.1, 0.15) is 0 Å². The molecule has 0 fully saturated rings. The largest absolute Gasteiger partial charge is 0.382 e. The van der Waals surface area contributed by atoms with Crippen LogP contribution in [0.15, 0.2) is 4.99 Å². The summed E-state index contributed by atoms with van der Waals surface area (Å²) in [6.07, 6.45) is 0. The van der Waals surface area contributed by atoms with Crippen molar-refractivity contribution in [1.29, 1.82) is 0 Å². The van der Waals surface area contributed by atoms with Crippen LogP contribution in [-0.2, 0) is 0 Å². The van der Waals surface area contributed by atoms with E-state index in [2.05, 4.69) is 15.0 Å². The van der Waals surface area contributed by atoms with Crippen LogP contribution in [-0.4, -0.2) is 35.8 Å². The van der Waals surface area contributed by atoms with Crippen LogP contribution in [0.25, 0.3) is 0 Å². The summed E-state index contributed by atoms with van der Waals surface area (Å²) in [5, 5.41) is -0.666. The smallest absolute Gasteiger partial charge is 0.302 e. The zero-order valence-electron chi connectivity index (χ0n) is 14.3. The summed E-state index contributed by atoms with van der Waals surface area (Å²) < 4.78 is 43.7. The summed E-state index contributed by atoms with van der Waals surface area (Å²) in [5.74, 6) is -2.95. The van der Waals surface area contributed by atoms with Gasteiger partial charge >= 0.3 is 5.91 Å². The maximum Gasteiger partial charge on any atom is 0.302 e. The Morgan fingerprint density at radius 3 is 2.65 bits per heavy atom. The van der Waals surface area contributed by atoms with Gasteiger partial charge in [-0.25, -0.2) is 9.97 Å². The molecule has 92 valence electrons. The predicted octanol–water partition coefficient (Wildman–Crippen LogP) is -0.808. The van der Waals surface area contributed by atoms with E-state index in [1.807, 2.05) is 0 Å². The second-order valence-electron chi connectivity index (χ2n) is 2.75. The van der Waals surface area contributed by atoms with Gasteiger partial charge in [0.25, 0.3) is 0 Å². The van der Waals surface area contributed by atoms with Crippen LogP contribution in [0.4, 0.5) is 11.6 Å². The normalized spacial score (nSPS) is 16.5. The highest BCUT2D eigenvalue weighted by atomic mass is 35.5. The molecule has 9 heteroatoms. The molecule has 0 bridgehead atoms. The number of hydrogen-bond donors (Lipinski definition) is 3. The lowest BCUT2D eigenvalue weighted by Crippen LogP contribution is -2.25. The number of amides is 1. The lowest BCUT2D eigenvalue weighted by Gasteiger charge is -2.13. The number of rotatable bonds is 2. The van der Waals surface area contributed by atoms with Crippen LogP contribution in [0.5, 0.6) is 0 Å². The van der Waals surface area contributed by atoms with Gasteiger partial charge in [0.05, 0.1) is 0 Å². The summed E-state index contributed by atoms with van der Waals surface area (Å²) in [4.78, 5) is 21.9. The molecular weight excluding hydrogens is 246 g/mol. The lowest BCUT2D eigenvalue weighted by atomic mass is 10.4. The van der Waals surface area contributed by atoms with Gasteiger partial charge in [-0.2, -0.15) is 4.99 Å². The van der Waals surface area contributed by atoms with Crippen molar-refractivity contribution in [2.24, 2.45) is 16.5 Å². The summed E-state index contributed by atoms with van der Waals surface area (Å²) in [6.45, 7) is -6.22. The predicted molar refractivity (Wildman–Crippen MR) is 65.9 cm³/mol. The summed E-state index contributed by atoms with van der Waals surface area (Å²) in [7, 11) is 0. The molecule has 1 rings (SSSR count). The molecular formula is C8H12ClN7O. The average molecular weight is 264 g/mol. The second-order valence-corrected chi connectivity index (χ2v) is 3.11. The van der Waals surface area contributed by atoms with Crippen LogP contribution < -0.4 is 22.1 Å². The molecule has 0 aliphatic heterocycles. The fourth-order valence-corrected chi connectivity index (χ4v) is 1.10. The standard InChI is InChI=1S/C8H12ClN7O/c1-16(2)6-4(9)13-3(5(10)14-6)7(17)15-8(11)12/h1-2H3,(H2,10,14)(H4,11,12,15,17)/i1D3,2D3. The minimum Gasteiger partial charge on any atom is -0.382 e. The Hall–Kier alpha value is -2.09. The van der Waals surface area contributed by atoms with Gasteiger partial charge in [-0.15, -0.1) is 0 Å². The first-order chi connectivity index (χ1) is 10.2. The number of halogens is 1. The van der Waals surface area contributed by atoms with E-state index in [1.165, 1.54) is 0 Å². The van der Waals surface area contributed by atoms with Gasteiger partial charge in [-0.3, -0.25) is 4.79 Å². The highest BCUT2D eigenvalue weighted by Crippen LogP contribution is 2.22. The van der Waals surface area contributed by atoms with E-state index in [9.17, 15) is 4.79 Å². The van der Waals surface area contributed by atoms with Gasteiger partial charge in [0, 0.05) is 22.2 Å². The number of anilines is 2. The van der Waals surface area contributed by atoms with Crippen molar-refractivity contribution in [3.63, 3.8) is 0 Å². The lowest BCUT2D eigenvalue weighted by molar-refractivity contribution is 0.0998. The van der Waals surface area contributed by atoms with E-state index in [-0.39, 0.29) is 4.90 Å². The molecule has 0 aliphatic carbocycles. The topological polar surface area (TPSA) is 137 Å². The monoisotopic (exact) mass is 263 g/mol. The fourth-order valence-electron chi connectivity index (χ4n) is 0.888. The molecule has 1 aromatic heterocycles. The Kier molecular flexibility index (Phi) is 1.87. The third kappa shape index (κ3) is 2.94. The van der Waals surface area contributed by atoms with Gasteiger partial charge in [0.15, 0.2) is 28.4 Å². The van der Waals surface area contributed by atoms with Crippen molar-refractivity contribution in [3.05, 3.63) is 10.8 Å². The third-order valence-electron chi connectivity index (χ3n) is 1.51. The summed E-state index contributed by atoms with van der Waals surface area (Å²) in [5.41, 5.74) is 15.0. The van der Waals surface area contributed by atoms with E-state index in [1.54, 1.807) is 0 Å². The number of aromatic nitrogens is 2. The minimum absolute atomic E-state index is 0.0134.